The Morgan fingerprint density at radius 1 is 0.419 bits per heavy atom. The van der Waals surface area contributed by atoms with Crippen LogP contribution < -0.4 is 0 Å². The molecular formula is C39H23N3S. The third-order valence-electron chi connectivity index (χ3n) is 8.26. The standard InChI is InChI=1S/C39H23N3S/c1-2-11-29-26(8-1)23-32(31-13-4-3-12-30(29)31)34-21-19-25-17-16-24-18-20-33(40-37(24)38(25)41-34)27-9-7-10-28(22-27)39-42-35-14-5-6-15-36(35)43-39/h1-23H. The van der Waals surface area contributed by atoms with Gasteiger partial charge in [-0.3, -0.25) is 0 Å². The van der Waals surface area contributed by atoms with Crippen molar-refractivity contribution in [3.8, 4) is 33.1 Å². The summed E-state index contributed by atoms with van der Waals surface area (Å²) in [5.41, 5.74) is 8.02. The second-order valence-corrected chi connectivity index (χ2v) is 11.9. The Morgan fingerprint density at radius 2 is 1.07 bits per heavy atom. The van der Waals surface area contributed by atoms with Crippen molar-refractivity contribution in [2.45, 2.75) is 0 Å². The predicted octanol–water partition coefficient (Wildman–Crippen LogP) is 10.7. The molecule has 4 heteroatoms. The van der Waals surface area contributed by atoms with Crippen LogP contribution in [0.4, 0.5) is 0 Å². The maximum atomic E-state index is 5.28. The monoisotopic (exact) mass is 565 g/mol. The summed E-state index contributed by atoms with van der Waals surface area (Å²) in [5.74, 6) is 0. The SMILES string of the molecule is c1cc(-c2ccc3ccc4ccc(-c5cc6ccccc6c6ccccc56)nc4c3n2)cc(-c2nc3ccccc3s2)c1. The van der Waals surface area contributed by atoms with Gasteiger partial charge in [0.1, 0.15) is 5.01 Å². The van der Waals surface area contributed by atoms with Crippen LogP contribution in [0.3, 0.4) is 0 Å². The van der Waals surface area contributed by atoms with Crippen LogP contribution in [-0.4, -0.2) is 15.0 Å². The van der Waals surface area contributed by atoms with E-state index in [0.29, 0.717) is 0 Å². The van der Waals surface area contributed by atoms with Crippen molar-refractivity contribution in [3.05, 3.63) is 140 Å². The number of benzene rings is 6. The lowest BCUT2D eigenvalue weighted by Crippen LogP contribution is -1.92. The molecule has 0 aliphatic carbocycles. The number of hydrogen-bond acceptors (Lipinski definition) is 4. The summed E-state index contributed by atoms with van der Waals surface area (Å²) in [5, 5.41) is 8.08. The van der Waals surface area contributed by atoms with Gasteiger partial charge in [0.2, 0.25) is 0 Å². The first-order valence-electron chi connectivity index (χ1n) is 14.4. The summed E-state index contributed by atoms with van der Waals surface area (Å²) in [6.07, 6.45) is 0. The third-order valence-corrected chi connectivity index (χ3v) is 9.35. The minimum atomic E-state index is 0.910. The summed E-state index contributed by atoms with van der Waals surface area (Å²) in [6.45, 7) is 0. The highest BCUT2D eigenvalue weighted by molar-refractivity contribution is 7.21. The van der Waals surface area contributed by atoms with Crippen molar-refractivity contribution < 1.29 is 0 Å². The molecule has 0 unspecified atom stereocenters. The van der Waals surface area contributed by atoms with Crippen LogP contribution in [0.15, 0.2) is 140 Å². The lowest BCUT2D eigenvalue weighted by Gasteiger charge is -2.12. The smallest absolute Gasteiger partial charge is 0.124 e. The van der Waals surface area contributed by atoms with Crippen LogP contribution in [0.1, 0.15) is 0 Å². The van der Waals surface area contributed by atoms with Gasteiger partial charge in [0.05, 0.1) is 32.6 Å². The average molecular weight is 566 g/mol. The molecule has 0 saturated carbocycles. The van der Waals surface area contributed by atoms with Crippen molar-refractivity contribution in [1.29, 1.82) is 0 Å². The molecule has 0 aliphatic heterocycles. The van der Waals surface area contributed by atoms with Gasteiger partial charge in [0.15, 0.2) is 0 Å². The average Bonchev–Trinajstić information content (AvgIpc) is 3.52. The number of pyridine rings is 2. The number of nitrogens with zero attached hydrogens (tertiary/aromatic N) is 3. The van der Waals surface area contributed by atoms with E-state index in [9.17, 15) is 0 Å². The predicted molar refractivity (Wildman–Crippen MR) is 182 cm³/mol. The summed E-state index contributed by atoms with van der Waals surface area (Å²) >= 11 is 1.72. The number of fused-ring (bicyclic) bond motifs is 7. The molecular weight excluding hydrogens is 543 g/mol. The van der Waals surface area contributed by atoms with Crippen LogP contribution in [0.5, 0.6) is 0 Å². The molecule has 3 heterocycles. The Morgan fingerprint density at radius 3 is 1.91 bits per heavy atom. The molecule has 0 spiro atoms. The molecule has 0 bridgehead atoms. The van der Waals surface area contributed by atoms with E-state index in [2.05, 4.69) is 133 Å². The van der Waals surface area contributed by atoms with Gasteiger partial charge in [-0.2, -0.15) is 0 Å². The molecule has 9 rings (SSSR count). The van der Waals surface area contributed by atoms with Crippen molar-refractivity contribution in [2.24, 2.45) is 0 Å². The molecule has 0 saturated heterocycles. The Labute approximate surface area is 251 Å². The first-order valence-corrected chi connectivity index (χ1v) is 15.2. The second-order valence-electron chi connectivity index (χ2n) is 10.9. The van der Waals surface area contributed by atoms with Crippen molar-refractivity contribution >= 4 is 64.9 Å². The normalized spacial score (nSPS) is 11.7. The van der Waals surface area contributed by atoms with E-state index in [0.717, 1.165) is 60.4 Å². The first kappa shape index (κ1) is 24.2. The number of thiazole rings is 1. The summed E-state index contributed by atoms with van der Waals surface area (Å²) < 4.78 is 1.19. The highest BCUT2D eigenvalue weighted by atomic mass is 32.1. The Kier molecular flexibility index (Phi) is 5.37. The maximum absolute atomic E-state index is 5.28. The fourth-order valence-electron chi connectivity index (χ4n) is 6.15. The van der Waals surface area contributed by atoms with Gasteiger partial charge in [0, 0.05) is 27.5 Å². The van der Waals surface area contributed by atoms with Gasteiger partial charge < -0.3 is 0 Å². The van der Waals surface area contributed by atoms with Crippen LogP contribution in [-0.2, 0) is 0 Å². The van der Waals surface area contributed by atoms with Crippen LogP contribution in [0, 0.1) is 0 Å². The molecule has 3 nitrogen and oxygen atoms in total. The molecule has 43 heavy (non-hydrogen) atoms. The number of para-hydroxylation sites is 1. The molecule has 0 N–H and O–H groups in total. The molecule has 0 fully saturated rings. The number of aromatic nitrogens is 3. The summed E-state index contributed by atoms with van der Waals surface area (Å²) in [4.78, 5) is 15.4. The highest BCUT2D eigenvalue weighted by Crippen LogP contribution is 2.36. The van der Waals surface area contributed by atoms with E-state index in [1.54, 1.807) is 11.3 Å². The second kappa shape index (κ2) is 9.55. The Hall–Kier alpha value is -5.45. The lowest BCUT2D eigenvalue weighted by atomic mass is 9.95. The highest BCUT2D eigenvalue weighted by Gasteiger charge is 2.13. The van der Waals surface area contributed by atoms with Crippen LogP contribution in [0.25, 0.3) is 86.7 Å². The van der Waals surface area contributed by atoms with Crippen LogP contribution in [0.2, 0.25) is 0 Å². The van der Waals surface area contributed by atoms with Gasteiger partial charge >= 0.3 is 0 Å². The molecule has 0 atom stereocenters. The topological polar surface area (TPSA) is 38.7 Å². The summed E-state index contributed by atoms with van der Waals surface area (Å²) in [6, 6.07) is 49.1. The third kappa shape index (κ3) is 3.99. The Bertz CT molecular complexity index is 2500. The summed E-state index contributed by atoms with van der Waals surface area (Å²) in [7, 11) is 0. The minimum absolute atomic E-state index is 0.910. The van der Waals surface area contributed by atoms with E-state index in [1.165, 1.54) is 26.2 Å². The molecule has 0 radical (unpaired) electrons. The van der Waals surface area contributed by atoms with Crippen molar-refractivity contribution in [2.75, 3.05) is 0 Å². The quantitative estimate of drug-likeness (QED) is 0.200. The molecule has 0 aliphatic rings. The van der Waals surface area contributed by atoms with E-state index < -0.39 is 0 Å². The van der Waals surface area contributed by atoms with Gasteiger partial charge in [-0.25, -0.2) is 15.0 Å². The van der Waals surface area contributed by atoms with E-state index in [4.69, 9.17) is 15.0 Å². The molecule has 3 aromatic heterocycles. The fraction of sp³-hybridized carbons (Fsp3) is 0. The van der Waals surface area contributed by atoms with Crippen LogP contribution >= 0.6 is 11.3 Å². The van der Waals surface area contributed by atoms with Crippen molar-refractivity contribution in [3.63, 3.8) is 0 Å². The first-order chi connectivity index (χ1) is 21.3. The Balaban J connectivity index is 1.21. The zero-order chi connectivity index (χ0) is 28.3. The van der Waals surface area contributed by atoms with Crippen molar-refractivity contribution in [1.82, 2.24) is 15.0 Å². The van der Waals surface area contributed by atoms with E-state index >= 15 is 0 Å². The van der Waals surface area contributed by atoms with Gasteiger partial charge in [-0.05, 0) is 57.9 Å². The largest absolute Gasteiger partial charge is 0.245 e. The number of hydrogen-bond donors (Lipinski definition) is 0. The fourth-order valence-corrected chi connectivity index (χ4v) is 7.11. The van der Waals surface area contributed by atoms with E-state index in [-0.39, 0.29) is 0 Å². The zero-order valence-electron chi connectivity index (χ0n) is 23.0. The van der Waals surface area contributed by atoms with Gasteiger partial charge in [-0.1, -0.05) is 103 Å². The molecule has 6 aromatic carbocycles. The molecule has 200 valence electrons. The number of rotatable bonds is 3. The van der Waals surface area contributed by atoms with Gasteiger partial charge in [-0.15, -0.1) is 11.3 Å². The molecule has 9 aromatic rings. The van der Waals surface area contributed by atoms with Gasteiger partial charge in [0.25, 0.3) is 0 Å². The van der Waals surface area contributed by atoms with E-state index in [1.807, 2.05) is 6.07 Å². The molecule has 0 amide bonds. The maximum Gasteiger partial charge on any atom is 0.124 e. The zero-order valence-corrected chi connectivity index (χ0v) is 23.8. The minimum Gasteiger partial charge on any atom is -0.245 e. The lowest BCUT2D eigenvalue weighted by molar-refractivity contribution is 1.37.